The van der Waals surface area contributed by atoms with E-state index in [1.54, 1.807) is 29.2 Å². The van der Waals surface area contributed by atoms with Crippen LogP contribution in [0.15, 0.2) is 24.3 Å². The van der Waals surface area contributed by atoms with Crippen LogP contribution in [0.25, 0.3) is 0 Å². The highest BCUT2D eigenvalue weighted by Gasteiger charge is 2.32. The van der Waals surface area contributed by atoms with Crippen LogP contribution < -0.4 is 5.73 Å². The van der Waals surface area contributed by atoms with Crippen LogP contribution in [0.5, 0.6) is 0 Å². The average Bonchev–Trinajstić information content (AvgIpc) is 2.37. The Morgan fingerprint density at radius 1 is 1.42 bits per heavy atom. The smallest absolute Gasteiger partial charge is 0.306 e. The molecule has 5 nitrogen and oxygen atoms in total. The number of piperidine rings is 1. The SMILES string of the molecule is CC1CC(C(=O)O)CCN1C(=O)c1cccc(N)c1. The minimum Gasteiger partial charge on any atom is -0.481 e. The fourth-order valence-electron chi connectivity index (χ4n) is 2.54. The standard InChI is InChI=1S/C14H18N2O3/c1-9-7-11(14(18)19)5-6-16(9)13(17)10-3-2-4-12(15)8-10/h2-4,8-9,11H,5-7,15H2,1H3,(H,18,19). The maximum Gasteiger partial charge on any atom is 0.306 e. The first-order valence-electron chi connectivity index (χ1n) is 6.38. The molecule has 3 N–H and O–H groups in total. The van der Waals surface area contributed by atoms with E-state index in [0.29, 0.717) is 30.6 Å². The molecule has 1 aromatic carbocycles. The summed E-state index contributed by atoms with van der Waals surface area (Å²) >= 11 is 0. The van der Waals surface area contributed by atoms with E-state index < -0.39 is 5.97 Å². The van der Waals surface area contributed by atoms with E-state index in [9.17, 15) is 9.59 Å². The zero-order chi connectivity index (χ0) is 14.0. The van der Waals surface area contributed by atoms with E-state index in [-0.39, 0.29) is 17.9 Å². The Kier molecular flexibility index (Phi) is 3.74. The van der Waals surface area contributed by atoms with Gasteiger partial charge in [0, 0.05) is 23.8 Å². The van der Waals surface area contributed by atoms with Gasteiger partial charge in [-0.05, 0) is 38.0 Å². The summed E-state index contributed by atoms with van der Waals surface area (Å²) in [6.45, 7) is 2.37. The van der Waals surface area contributed by atoms with Gasteiger partial charge in [-0.25, -0.2) is 0 Å². The van der Waals surface area contributed by atoms with Gasteiger partial charge in [-0.15, -0.1) is 0 Å². The van der Waals surface area contributed by atoms with E-state index in [1.807, 2.05) is 6.92 Å². The van der Waals surface area contributed by atoms with Gasteiger partial charge in [0.1, 0.15) is 0 Å². The van der Waals surface area contributed by atoms with Crippen LogP contribution in [0.2, 0.25) is 0 Å². The molecule has 1 aliphatic heterocycles. The number of hydrogen-bond acceptors (Lipinski definition) is 3. The first kappa shape index (κ1) is 13.4. The molecule has 1 fully saturated rings. The molecule has 2 atom stereocenters. The van der Waals surface area contributed by atoms with Crippen molar-refractivity contribution in [2.24, 2.45) is 5.92 Å². The first-order chi connectivity index (χ1) is 8.99. The van der Waals surface area contributed by atoms with Crippen LogP contribution in [0.4, 0.5) is 5.69 Å². The quantitative estimate of drug-likeness (QED) is 0.793. The van der Waals surface area contributed by atoms with E-state index in [1.165, 1.54) is 0 Å². The van der Waals surface area contributed by atoms with Gasteiger partial charge in [0.25, 0.3) is 5.91 Å². The number of nitrogens with zero attached hydrogens (tertiary/aromatic N) is 1. The van der Waals surface area contributed by atoms with E-state index in [0.717, 1.165) is 0 Å². The van der Waals surface area contributed by atoms with Crippen molar-refractivity contribution in [2.75, 3.05) is 12.3 Å². The van der Waals surface area contributed by atoms with Crippen molar-refractivity contribution >= 4 is 17.6 Å². The highest BCUT2D eigenvalue weighted by molar-refractivity contribution is 5.95. The monoisotopic (exact) mass is 262 g/mol. The number of carboxylic acids is 1. The predicted molar refractivity (Wildman–Crippen MR) is 71.7 cm³/mol. The first-order valence-corrected chi connectivity index (χ1v) is 6.38. The Hall–Kier alpha value is -2.04. The molecule has 102 valence electrons. The minimum atomic E-state index is -0.775. The van der Waals surface area contributed by atoms with Gasteiger partial charge in [-0.2, -0.15) is 0 Å². The molecule has 1 amide bonds. The van der Waals surface area contributed by atoms with Gasteiger partial charge in [-0.1, -0.05) is 6.07 Å². The lowest BCUT2D eigenvalue weighted by Gasteiger charge is -2.36. The van der Waals surface area contributed by atoms with Crippen molar-refractivity contribution in [3.8, 4) is 0 Å². The molecular formula is C14H18N2O3. The summed E-state index contributed by atoms with van der Waals surface area (Å²) in [5.41, 5.74) is 6.78. The zero-order valence-electron chi connectivity index (χ0n) is 10.9. The van der Waals surface area contributed by atoms with E-state index in [4.69, 9.17) is 10.8 Å². The number of carboxylic acid groups (broad SMARTS) is 1. The highest BCUT2D eigenvalue weighted by Crippen LogP contribution is 2.24. The van der Waals surface area contributed by atoms with E-state index in [2.05, 4.69) is 0 Å². The van der Waals surface area contributed by atoms with Crippen molar-refractivity contribution in [2.45, 2.75) is 25.8 Å². The number of nitrogen functional groups attached to an aromatic ring is 1. The summed E-state index contributed by atoms with van der Waals surface area (Å²) in [5, 5.41) is 9.01. The van der Waals surface area contributed by atoms with Crippen molar-refractivity contribution in [3.63, 3.8) is 0 Å². The molecule has 5 heteroatoms. The maximum atomic E-state index is 12.4. The van der Waals surface area contributed by atoms with Crippen LogP contribution in [0.1, 0.15) is 30.1 Å². The fraction of sp³-hybridized carbons (Fsp3) is 0.429. The minimum absolute atomic E-state index is 0.0659. The Bertz CT molecular complexity index is 501. The molecule has 2 rings (SSSR count). The highest BCUT2D eigenvalue weighted by atomic mass is 16.4. The maximum absolute atomic E-state index is 12.4. The number of nitrogens with two attached hydrogens (primary N) is 1. The summed E-state index contributed by atoms with van der Waals surface area (Å²) in [5.74, 6) is -1.20. The molecule has 0 spiro atoms. The molecule has 0 aliphatic carbocycles. The Balaban J connectivity index is 2.11. The van der Waals surface area contributed by atoms with Crippen molar-refractivity contribution < 1.29 is 14.7 Å². The van der Waals surface area contributed by atoms with Crippen LogP contribution in [0, 0.1) is 5.92 Å². The number of aliphatic carboxylic acids is 1. The number of rotatable bonds is 2. The molecule has 0 bridgehead atoms. The topological polar surface area (TPSA) is 83.6 Å². The Labute approximate surface area is 112 Å². The van der Waals surface area contributed by atoms with Gasteiger partial charge in [0.2, 0.25) is 0 Å². The lowest BCUT2D eigenvalue weighted by Crippen LogP contribution is -2.46. The second-order valence-corrected chi connectivity index (χ2v) is 5.03. The molecule has 1 heterocycles. The summed E-state index contributed by atoms with van der Waals surface area (Å²) in [6, 6.07) is 6.80. The van der Waals surface area contributed by atoms with Gasteiger partial charge >= 0.3 is 5.97 Å². The van der Waals surface area contributed by atoms with Crippen molar-refractivity contribution in [1.82, 2.24) is 4.90 Å². The molecule has 1 saturated heterocycles. The largest absolute Gasteiger partial charge is 0.481 e. The van der Waals surface area contributed by atoms with E-state index >= 15 is 0 Å². The number of likely N-dealkylation sites (tertiary alicyclic amines) is 1. The van der Waals surface area contributed by atoms with Crippen LogP contribution in [-0.4, -0.2) is 34.5 Å². The third-order valence-corrected chi connectivity index (χ3v) is 3.62. The number of amides is 1. The molecule has 19 heavy (non-hydrogen) atoms. The average molecular weight is 262 g/mol. The molecule has 0 saturated carbocycles. The predicted octanol–water partition coefficient (Wildman–Crippen LogP) is 1.59. The van der Waals surface area contributed by atoms with Gasteiger partial charge in [0.05, 0.1) is 5.92 Å². The second-order valence-electron chi connectivity index (χ2n) is 5.03. The molecule has 0 aromatic heterocycles. The van der Waals surface area contributed by atoms with Gasteiger partial charge in [-0.3, -0.25) is 9.59 Å². The summed E-state index contributed by atoms with van der Waals surface area (Å²) in [7, 11) is 0. The Morgan fingerprint density at radius 2 is 2.16 bits per heavy atom. The van der Waals surface area contributed by atoms with Gasteiger partial charge < -0.3 is 15.7 Å². The second kappa shape index (κ2) is 5.30. The summed E-state index contributed by atoms with van der Waals surface area (Å²) in [4.78, 5) is 25.1. The summed E-state index contributed by atoms with van der Waals surface area (Å²) < 4.78 is 0. The number of carbonyl (C=O) groups is 2. The lowest BCUT2D eigenvalue weighted by molar-refractivity contribution is -0.143. The normalized spacial score (nSPS) is 23.1. The van der Waals surface area contributed by atoms with Crippen molar-refractivity contribution in [3.05, 3.63) is 29.8 Å². The molecule has 1 aromatic rings. The third kappa shape index (κ3) is 2.86. The van der Waals surface area contributed by atoms with Crippen molar-refractivity contribution in [1.29, 1.82) is 0 Å². The lowest BCUT2D eigenvalue weighted by atomic mass is 9.91. The zero-order valence-corrected chi connectivity index (χ0v) is 10.9. The summed E-state index contributed by atoms with van der Waals surface area (Å²) in [6.07, 6.45) is 1.01. The third-order valence-electron chi connectivity index (χ3n) is 3.62. The van der Waals surface area contributed by atoms with Crippen LogP contribution >= 0.6 is 0 Å². The molecular weight excluding hydrogens is 244 g/mol. The molecule has 0 radical (unpaired) electrons. The van der Waals surface area contributed by atoms with Gasteiger partial charge in [0.15, 0.2) is 0 Å². The molecule has 2 unspecified atom stereocenters. The number of anilines is 1. The van der Waals surface area contributed by atoms with Crippen LogP contribution in [0.3, 0.4) is 0 Å². The molecule has 1 aliphatic rings. The number of benzene rings is 1. The van der Waals surface area contributed by atoms with Crippen LogP contribution in [-0.2, 0) is 4.79 Å². The number of hydrogen-bond donors (Lipinski definition) is 2. The fourth-order valence-corrected chi connectivity index (χ4v) is 2.54. The number of carbonyl (C=O) groups excluding carboxylic acids is 1. The Morgan fingerprint density at radius 3 is 2.74 bits per heavy atom.